The number of aryl methyl sites for hydroxylation is 2. The van der Waals surface area contributed by atoms with Crippen molar-refractivity contribution >= 4 is 0 Å². The largest absolute Gasteiger partial charge is 0.330 e. The highest BCUT2D eigenvalue weighted by Gasteiger charge is 2.19. The number of nitrogens with two attached hydrogens (primary N) is 1. The number of nitrogens with zero attached hydrogens (tertiary/aromatic N) is 2. The lowest BCUT2D eigenvalue weighted by atomic mass is 10.1. The molecular formula is C10H17N3. The maximum atomic E-state index is 5.92. The van der Waals surface area contributed by atoms with Crippen LogP contribution >= 0.6 is 0 Å². The van der Waals surface area contributed by atoms with E-state index in [2.05, 4.69) is 23.4 Å². The predicted molar refractivity (Wildman–Crippen MR) is 52.6 cm³/mol. The molecule has 3 heteroatoms. The van der Waals surface area contributed by atoms with Gasteiger partial charge in [-0.25, -0.2) is 4.98 Å². The van der Waals surface area contributed by atoms with Crippen molar-refractivity contribution in [3.8, 4) is 0 Å². The molecule has 0 bridgehead atoms. The van der Waals surface area contributed by atoms with Crippen LogP contribution in [0.2, 0.25) is 0 Å². The van der Waals surface area contributed by atoms with Crippen molar-refractivity contribution in [2.45, 2.75) is 45.7 Å². The van der Waals surface area contributed by atoms with Crippen LogP contribution in [0.3, 0.4) is 0 Å². The molecule has 0 aliphatic carbocycles. The molecule has 1 aliphatic rings. The maximum Gasteiger partial charge on any atom is 0.109 e. The van der Waals surface area contributed by atoms with Crippen LogP contribution < -0.4 is 5.73 Å². The summed E-state index contributed by atoms with van der Waals surface area (Å²) in [4.78, 5) is 4.61. The summed E-state index contributed by atoms with van der Waals surface area (Å²) in [5.74, 6) is 1.23. The molecule has 3 nitrogen and oxygen atoms in total. The van der Waals surface area contributed by atoms with E-state index in [0.717, 1.165) is 25.8 Å². The fraction of sp³-hybridized carbons (Fsp3) is 0.700. The third-order valence-corrected chi connectivity index (χ3v) is 2.89. The highest BCUT2D eigenvalue weighted by molar-refractivity contribution is 5.17. The normalized spacial score (nSPS) is 21.6. The van der Waals surface area contributed by atoms with Gasteiger partial charge in [-0.2, -0.15) is 0 Å². The van der Waals surface area contributed by atoms with Crippen LogP contribution in [0.25, 0.3) is 0 Å². The van der Waals surface area contributed by atoms with Gasteiger partial charge in [0.1, 0.15) is 5.82 Å². The highest BCUT2D eigenvalue weighted by atomic mass is 15.1. The van der Waals surface area contributed by atoms with Gasteiger partial charge in [0.2, 0.25) is 0 Å². The summed E-state index contributed by atoms with van der Waals surface area (Å²) in [7, 11) is 0. The van der Waals surface area contributed by atoms with Crippen LogP contribution in [0.5, 0.6) is 0 Å². The maximum absolute atomic E-state index is 5.92. The number of fused-ring (bicyclic) bond motifs is 1. The Kier molecular flexibility index (Phi) is 2.12. The van der Waals surface area contributed by atoms with E-state index in [1.165, 1.54) is 17.2 Å². The van der Waals surface area contributed by atoms with E-state index >= 15 is 0 Å². The second kappa shape index (κ2) is 3.14. The van der Waals surface area contributed by atoms with Gasteiger partial charge in [-0.15, -0.1) is 0 Å². The van der Waals surface area contributed by atoms with Gasteiger partial charge < -0.3 is 10.3 Å². The molecule has 2 rings (SSSR count). The second-order valence-electron chi connectivity index (χ2n) is 3.82. The third kappa shape index (κ3) is 1.37. The zero-order valence-corrected chi connectivity index (χ0v) is 8.38. The first kappa shape index (κ1) is 8.75. The third-order valence-electron chi connectivity index (χ3n) is 2.89. The topological polar surface area (TPSA) is 43.8 Å². The number of rotatable bonds is 1. The summed E-state index contributed by atoms with van der Waals surface area (Å²) in [6, 6.07) is 0.324. The first-order chi connectivity index (χ1) is 6.22. The smallest absolute Gasteiger partial charge is 0.109 e. The summed E-state index contributed by atoms with van der Waals surface area (Å²) in [5, 5.41) is 0. The van der Waals surface area contributed by atoms with Crippen molar-refractivity contribution in [2.75, 3.05) is 0 Å². The standard InChI is InChI=1S/C10H17N3/c1-3-9-7(2)13-6-8(11)4-5-10(13)12-9/h8H,3-6,11H2,1-2H3. The lowest BCUT2D eigenvalue weighted by Crippen LogP contribution is -2.32. The quantitative estimate of drug-likeness (QED) is 0.699. The van der Waals surface area contributed by atoms with Crippen molar-refractivity contribution in [1.29, 1.82) is 0 Å². The summed E-state index contributed by atoms with van der Waals surface area (Å²) in [5.41, 5.74) is 8.47. The molecule has 1 aliphatic heterocycles. The van der Waals surface area contributed by atoms with E-state index in [9.17, 15) is 0 Å². The second-order valence-corrected chi connectivity index (χ2v) is 3.82. The van der Waals surface area contributed by atoms with E-state index in [0.29, 0.717) is 6.04 Å². The monoisotopic (exact) mass is 179 g/mol. The average molecular weight is 179 g/mol. The lowest BCUT2D eigenvalue weighted by Gasteiger charge is -2.21. The molecule has 0 saturated carbocycles. The molecule has 0 amide bonds. The lowest BCUT2D eigenvalue weighted by molar-refractivity contribution is 0.448. The van der Waals surface area contributed by atoms with Crippen molar-refractivity contribution < 1.29 is 0 Å². The summed E-state index contributed by atoms with van der Waals surface area (Å²) in [6.07, 6.45) is 3.16. The number of aromatic nitrogens is 2. The van der Waals surface area contributed by atoms with Crippen LogP contribution in [0.1, 0.15) is 30.6 Å². The Bertz CT molecular complexity index is 314. The van der Waals surface area contributed by atoms with E-state index in [-0.39, 0.29) is 0 Å². The Labute approximate surface area is 79.0 Å². The van der Waals surface area contributed by atoms with Crippen LogP contribution in [0.4, 0.5) is 0 Å². The Morgan fingerprint density at radius 2 is 2.38 bits per heavy atom. The van der Waals surface area contributed by atoms with Crippen LogP contribution in [0.15, 0.2) is 0 Å². The fourth-order valence-corrected chi connectivity index (χ4v) is 2.05. The Balaban J connectivity index is 2.40. The van der Waals surface area contributed by atoms with Gasteiger partial charge in [0.05, 0.1) is 5.69 Å². The van der Waals surface area contributed by atoms with Crippen molar-refractivity contribution in [2.24, 2.45) is 5.73 Å². The number of hydrogen-bond donors (Lipinski definition) is 1. The van der Waals surface area contributed by atoms with Gasteiger partial charge in [0.25, 0.3) is 0 Å². The van der Waals surface area contributed by atoms with Crippen LogP contribution in [-0.2, 0) is 19.4 Å². The van der Waals surface area contributed by atoms with Gasteiger partial charge in [-0.1, -0.05) is 6.92 Å². The molecule has 13 heavy (non-hydrogen) atoms. The molecule has 1 aromatic heterocycles. The van der Waals surface area contributed by atoms with Crippen molar-refractivity contribution in [3.05, 3.63) is 17.2 Å². The van der Waals surface area contributed by atoms with Crippen molar-refractivity contribution in [1.82, 2.24) is 9.55 Å². The molecule has 1 unspecified atom stereocenters. The molecule has 0 fully saturated rings. The highest BCUT2D eigenvalue weighted by Crippen LogP contribution is 2.18. The molecule has 1 atom stereocenters. The molecular weight excluding hydrogens is 162 g/mol. The molecule has 0 aromatic carbocycles. The minimum Gasteiger partial charge on any atom is -0.330 e. The van der Waals surface area contributed by atoms with E-state index in [1.54, 1.807) is 0 Å². The first-order valence-electron chi connectivity index (χ1n) is 5.02. The average Bonchev–Trinajstić information content (AvgIpc) is 2.44. The van der Waals surface area contributed by atoms with Gasteiger partial charge in [-0.05, 0) is 19.8 Å². The first-order valence-corrected chi connectivity index (χ1v) is 5.02. The van der Waals surface area contributed by atoms with Crippen molar-refractivity contribution in [3.63, 3.8) is 0 Å². The van der Waals surface area contributed by atoms with E-state index in [1.807, 2.05) is 0 Å². The summed E-state index contributed by atoms with van der Waals surface area (Å²) >= 11 is 0. The molecule has 2 heterocycles. The Hall–Kier alpha value is -0.830. The molecule has 72 valence electrons. The zero-order chi connectivity index (χ0) is 9.42. The van der Waals surface area contributed by atoms with Gasteiger partial charge >= 0.3 is 0 Å². The van der Waals surface area contributed by atoms with Gasteiger partial charge in [0, 0.05) is 24.7 Å². The molecule has 2 N–H and O–H groups in total. The fourth-order valence-electron chi connectivity index (χ4n) is 2.05. The van der Waals surface area contributed by atoms with Crippen LogP contribution in [-0.4, -0.2) is 15.6 Å². The summed E-state index contributed by atoms with van der Waals surface area (Å²) in [6.45, 7) is 5.25. The molecule has 0 saturated heterocycles. The Morgan fingerprint density at radius 1 is 1.62 bits per heavy atom. The predicted octanol–water partition coefficient (Wildman–Crippen LogP) is 1.03. The van der Waals surface area contributed by atoms with Gasteiger partial charge in [0.15, 0.2) is 0 Å². The van der Waals surface area contributed by atoms with E-state index in [4.69, 9.17) is 5.73 Å². The SMILES string of the molecule is CCc1nc2n(c1C)CC(N)CC2. The minimum absolute atomic E-state index is 0.324. The zero-order valence-electron chi connectivity index (χ0n) is 8.38. The van der Waals surface area contributed by atoms with Gasteiger partial charge in [-0.3, -0.25) is 0 Å². The molecule has 0 spiro atoms. The van der Waals surface area contributed by atoms with E-state index < -0.39 is 0 Å². The van der Waals surface area contributed by atoms with Crippen LogP contribution in [0, 0.1) is 6.92 Å². The number of imidazole rings is 1. The number of hydrogen-bond acceptors (Lipinski definition) is 2. The molecule has 1 aromatic rings. The summed E-state index contributed by atoms with van der Waals surface area (Å²) < 4.78 is 2.28. The minimum atomic E-state index is 0.324. The molecule has 0 radical (unpaired) electrons. The Morgan fingerprint density at radius 3 is 3.08 bits per heavy atom.